The fourth-order valence-electron chi connectivity index (χ4n) is 4.80. The van der Waals surface area contributed by atoms with E-state index in [1.807, 2.05) is 0 Å². The predicted molar refractivity (Wildman–Crippen MR) is 130 cm³/mol. The van der Waals surface area contributed by atoms with Crippen molar-refractivity contribution in [2.75, 3.05) is 29.9 Å². The summed E-state index contributed by atoms with van der Waals surface area (Å²) >= 11 is 1.67. The smallest absolute Gasteiger partial charge is 0.338 e. The average Bonchev–Trinajstić information content (AvgIpc) is 3.61. The lowest BCUT2D eigenvalue weighted by Gasteiger charge is -2.35. The highest BCUT2D eigenvalue weighted by atomic mass is 32.2. The zero-order chi connectivity index (χ0) is 24.6. The van der Waals surface area contributed by atoms with E-state index >= 15 is 0 Å². The van der Waals surface area contributed by atoms with Crippen LogP contribution in [-0.4, -0.2) is 50.4 Å². The van der Waals surface area contributed by atoms with E-state index in [0.717, 1.165) is 12.8 Å². The molecule has 0 spiro atoms. The molecule has 3 aromatic rings. The Kier molecular flexibility index (Phi) is 6.51. The van der Waals surface area contributed by atoms with Gasteiger partial charge in [-0.2, -0.15) is 35.3 Å². The number of rotatable bonds is 7. The third kappa shape index (κ3) is 4.90. The van der Waals surface area contributed by atoms with Crippen molar-refractivity contribution in [3.8, 4) is 6.07 Å². The molecule has 1 unspecified atom stereocenters. The van der Waals surface area contributed by atoms with Crippen molar-refractivity contribution in [1.29, 1.82) is 5.26 Å². The summed E-state index contributed by atoms with van der Waals surface area (Å²) in [7, 11) is 0. The van der Waals surface area contributed by atoms with Crippen LogP contribution in [0.5, 0.6) is 0 Å². The van der Waals surface area contributed by atoms with Gasteiger partial charge in [0.05, 0.1) is 24.0 Å². The maximum atomic E-state index is 13.9. The summed E-state index contributed by atoms with van der Waals surface area (Å²) in [5.41, 5.74) is 1.02. The second-order valence-electron chi connectivity index (χ2n) is 8.97. The van der Waals surface area contributed by atoms with Crippen LogP contribution < -0.4 is 10.9 Å². The predicted octanol–water partition coefficient (Wildman–Crippen LogP) is 4.99. The molecule has 1 saturated heterocycles. The van der Waals surface area contributed by atoms with Gasteiger partial charge in [0.1, 0.15) is 11.4 Å². The summed E-state index contributed by atoms with van der Waals surface area (Å²) < 4.78 is 43.5. The molecule has 1 aliphatic carbocycles. The quantitative estimate of drug-likeness (QED) is 0.473. The topological polar surface area (TPSA) is 89.7 Å². The molecule has 5 rings (SSSR count). The third-order valence-corrected chi connectivity index (χ3v) is 7.56. The first kappa shape index (κ1) is 23.8. The van der Waals surface area contributed by atoms with E-state index in [-0.39, 0.29) is 23.6 Å². The summed E-state index contributed by atoms with van der Waals surface area (Å²) in [6.07, 6.45) is -0.517. The van der Waals surface area contributed by atoms with Gasteiger partial charge in [0.25, 0.3) is 5.56 Å². The molecule has 0 amide bonds. The maximum Gasteiger partial charge on any atom is 0.408 e. The number of nitrogens with one attached hydrogen (secondary N) is 2. The summed E-state index contributed by atoms with van der Waals surface area (Å²) in [6.45, 7) is 0.789. The highest BCUT2D eigenvalue weighted by molar-refractivity contribution is 7.99. The molecule has 2 aromatic heterocycles. The molecule has 7 nitrogen and oxygen atoms in total. The van der Waals surface area contributed by atoms with Crippen LogP contribution in [0.15, 0.2) is 41.3 Å². The first-order chi connectivity index (χ1) is 16.9. The normalized spacial score (nSPS) is 18.8. The molecule has 2 aliphatic rings. The molecule has 0 radical (unpaired) electrons. The van der Waals surface area contributed by atoms with Gasteiger partial charge < -0.3 is 10.3 Å². The van der Waals surface area contributed by atoms with E-state index in [2.05, 4.69) is 21.5 Å². The van der Waals surface area contributed by atoms with Crippen molar-refractivity contribution in [2.45, 2.75) is 37.5 Å². The molecular weight excluding hydrogens is 477 g/mol. The Bertz CT molecular complexity index is 1290. The van der Waals surface area contributed by atoms with Gasteiger partial charge >= 0.3 is 6.18 Å². The number of nitrogens with zero attached hydrogens (tertiary/aromatic N) is 4. The molecule has 184 valence electrons. The number of H-pyrrole nitrogens is 1. The van der Waals surface area contributed by atoms with Gasteiger partial charge in [-0.15, -0.1) is 0 Å². The van der Waals surface area contributed by atoms with Crippen LogP contribution in [-0.2, 0) is 0 Å². The number of pyridine rings is 1. The monoisotopic (exact) mass is 502 g/mol. The van der Waals surface area contributed by atoms with Crippen molar-refractivity contribution in [1.82, 2.24) is 19.7 Å². The second-order valence-corrected chi connectivity index (χ2v) is 10.2. The molecule has 1 aromatic carbocycles. The van der Waals surface area contributed by atoms with Crippen molar-refractivity contribution in [3.05, 3.63) is 52.4 Å². The molecule has 2 fully saturated rings. The Morgan fingerprint density at radius 3 is 2.54 bits per heavy atom. The molecule has 35 heavy (non-hydrogen) atoms. The van der Waals surface area contributed by atoms with Crippen LogP contribution in [0, 0.1) is 17.2 Å². The first-order valence-electron chi connectivity index (χ1n) is 11.6. The summed E-state index contributed by atoms with van der Waals surface area (Å²) in [5, 5.41) is 17.4. The zero-order valence-corrected chi connectivity index (χ0v) is 19.7. The lowest BCUT2D eigenvalue weighted by Crippen LogP contribution is -2.42. The van der Waals surface area contributed by atoms with E-state index in [9.17, 15) is 23.2 Å². The summed E-state index contributed by atoms with van der Waals surface area (Å²) in [4.78, 5) is 16.8. The van der Waals surface area contributed by atoms with Gasteiger partial charge in [-0.3, -0.25) is 14.4 Å². The molecule has 0 bridgehead atoms. The molecule has 2 atom stereocenters. The number of hydrogen-bond donors (Lipinski definition) is 2. The lowest BCUT2D eigenvalue weighted by molar-refractivity contribution is -0.185. The van der Waals surface area contributed by atoms with Crippen LogP contribution >= 0.6 is 11.8 Å². The largest absolute Gasteiger partial charge is 0.408 e. The van der Waals surface area contributed by atoms with Gasteiger partial charge in [0.2, 0.25) is 0 Å². The fourth-order valence-corrected chi connectivity index (χ4v) is 5.73. The van der Waals surface area contributed by atoms with Crippen LogP contribution in [0.4, 0.5) is 24.7 Å². The Morgan fingerprint density at radius 2 is 1.91 bits per heavy atom. The number of aromatic nitrogens is 3. The Morgan fingerprint density at radius 1 is 1.20 bits per heavy atom. The van der Waals surface area contributed by atoms with Crippen LogP contribution in [0.1, 0.15) is 36.9 Å². The van der Waals surface area contributed by atoms with Crippen LogP contribution in [0.2, 0.25) is 0 Å². The fraction of sp³-hybridized carbons (Fsp3) is 0.458. The number of fused-ring (bicyclic) bond motifs is 1. The maximum absolute atomic E-state index is 13.9. The van der Waals surface area contributed by atoms with E-state index in [0.29, 0.717) is 52.9 Å². The van der Waals surface area contributed by atoms with Gasteiger partial charge in [-0.1, -0.05) is 12.1 Å². The highest BCUT2D eigenvalue weighted by Gasteiger charge is 2.45. The lowest BCUT2D eigenvalue weighted by atomic mass is 10.0. The number of hydrogen-bond acceptors (Lipinski definition) is 6. The second kappa shape index (κ2) is 9.59. The summed E-state index contributed by atoms with van der Waals surface area (Å²) in [6, 6.07) is 8.33. The van der Waals surface area contributed by atoms with E-state index in [1.54, 1.807) is 40.8 Å². The number of anilines is 2. The van der Waals surface area contributed by atoms with Gasteiger partial charge in [0.15, 0.2) is 5.82 Å². The Balaban J connectivity index is 1.45. The minimum atomic E-state index is -4.38. The number of benzene rings is 1. The number of nitriles is 1. The number of halogens is 3. The Labute approximate surface area is 204 Å². The van der Waals surface area contributed by atoms with Crippen LogP contribution in [0.3, 0.4) is 0 Å². The number of alkyl halides is 3. The van der Waals surface area contributed by atoms with Crippen molar-refractivity contribution < 1.29 is 13.2 Å². The molecule has 2 N–H and O–H groups in total. The van der Waals surface area contributed by atoms with E-state index in [4.69, 9.17) is 0 Å². The van der Waals surface area contributed by atoms with E-state index in [1.165, 1.54) is 17.0 Å². The minimum Gasteiger partial charge on any atom is -0.338 e. The van der Waals surface area contributed by atoms with Crippen molar-refractivity contribution >= 4 is 34.2 Å². The van der Waals surface area contributed by atoms with Gasteiger partial charge in [0, 0.05) is 36.5 Å². The first-order valence-corrected chi connectivity index (χ1v) is 12.7. The molecule has 11 heteroatoms. The van der Waals surface area contributed by atoms with Crippen molar-refractivity contribution in [2.24, 2.45) is 5.92 Å². The number of aromatic amines is 1. The summed E-state index contributed by atoms with van der Waals surface area (Å²) in [5.74, 6) is 2.03. The molecule has 1 aliphatic heterocycles. The van der Waals surface area contributed by atoms with Gasteiger partial charge in [-0.25, -0.2) is 0 Å². The average molecular weight is 503 g/mol. The third-order valence-electron chi connectivity index (χ3n) is 6.62. The molecule has 3 heterocycles. The Hall–Kier alpha value is -2.97. The van der Waals surface area contributed by atoms with Crippen molar-refractivity contribution in [3.63, 3.8) is 0 Å². The SMILES string of the molecule is N#CCC(C1CC1)n1nc(Nc2ccc([C@H](N3CCSCC3)C(F)(F)F)cc2)c2c(=O)[nH]ccc21. The highest BCUT2D eigenvalue weighted by Crippen LogP contribution is 2.43. The zero-order valence-electron chi connectivity index (χ0n) is 18.9. The molecule has 1 saturated carbocycles. The number of thioether (sulfide) groups is 1. The van der Waals surface area contributed by atoms with Crippen LogP contribution in [0.25, 0.3) is 10.9 Å². The van der Waals surface area contributed by atoms with Gasteiger partial charge in [-0.05, 0) is 42.5 Å². The minimum absolute atomic E-state index is 0.127. The van der Waals surface area contributed by atoms with E-state index < -0.39 is 12.2 Å². The standard InChI is InChI=1S/C24H25F3N6OS/c25-24(26,27)21(32-11-13-35-14-12-32)16-3-5-17(6-4-16)30-22-20-19(8-10-29-23(20)34)33(31-22)18(7-9-28)15-1-2-15/h3-6,8,10,15,18,21H,1-2,7,11-14H2,(H,29,34)(H,30,31)/t18?,21-/m0/s1. The molecular formula is C24H25F3N6OS.